The molecule has 0 atom stereocenters. The Balaban J connectivity index is 1.82. The SMILES string of the molecule is N#CC1(NC(=O)COC(=O)/C=C/c2ccc(Cl)c(Cl)c2)CCCC1. The first-order valence-electron chi connectivity index (χ1n) is 7.46. The van der Waals surface area contributed by atoms with Crippen LogP contribution in [-0.4, -0.2) is 24.0 Å². The summed E-state index contributed by atoms with van der Waals surface area (Å²) in [5.74, 6) is -1.14. The van der Waals surface area contributed by atoms with Crippen molar-refractivity contribution in [1.82, 2.24) is 5.32 Å². The summed E-state index contributed by atoms with van der Waals surface area (Å²) in [7, 11) is 0. The highest BCUT2D eigenvalue weighted by Gasteiger charge is 2.35. The van der Waals surface area contributed by atoms with E-state index in [4.69, 9.17) is 27.9 Å². The summed E-state index contributed by atoms with van der Waals surface area (Å²) >= 11 is 11.7. The average Bonchev–Trinajstić information content (AvgIpc) is 3.03. The number of nitrogens with zero attached hydrogens (tertiary/aromatic N) is 1. The molecule has 5 nitrogen and oxygen atoms in total. The minimum atomic E-state index is -0.820. The highest BCUT2D eigenvalue weighted by Crippen LogP contribution is 2.28. The number of benzene rings is 1. The molecule has 0 aromatic heterocycles. The monoisotopic (exact) mass is 366 g/mol. The van der Waals surface area contributed by atoms with Crippen molar-refractivity contribution in [3.05, 3.63) is 39.9 Å². The van der Waals surface area contributed by atoms with Crippen LogP contribution in [0.15, 0.2) is 24.3 Å². The van der Waals surface area contributed by atoms with E-state index in [-0.39, 0.29) is 0 Å². The number of hydrogen-bond acceptors (Lipinski definition) is 4. The number of nitriles is 1. The van der Waals surface area contributed by atoms with Crippen molar-refractivity contribution in [1.29, 1.82) is 5.26 Å². The van der Waals surface area contributed by atoms with Crippen molar-refractivity contribution in [2.45, 2.75) is 31.2 Å². The summed E-state index contributed by atoms with van der Waals surface area (Å²) in [6.45, 7) is -0.423. The van der Waals surface area contributed by atoms with Gasteiger partial charge < -0.3 is 10.1 Å². The van der Waals surface area contributed by atoms with Crippen LogP contribution in [0.1, 0.15) is 31.2 Å². The Labute approximate surface area is 150 Å². The zero-order chi connectivity index (χ0) is 17.6. The third-order valence-corrected chi connectivity index (χ3v) is 4.49. The molecule has 24 heavy (non-hydrogen) atoms. The molecule has 1 aliphatic rings. The van der Waals surface area contributed by atoms with Gasteiger partial charge in [0, 0.05) is 6.08 Å². The van der Waals surface area contributed by atoms with Crippen LogP contribution in [0.25, 0.3) is 6.08 Å². The number of hydrogen-bond donors (Lipinski definition) is 1. The van der Waals surface area contributed by atoms with Crippen molar-refractivity contribution < 1.29 is 14.3 Å². The van der Waals surface area contributed by atoms with Crippen LogP contribution in [0.5, 0.6) is 0 Å². The third-order valence-electron chi connectivity index (χ3n) is 3.75. The predicted octanol–water partition coefficient (Wildman–Crippen LogP) is 3.50. The maximum atomic E-state index is 11.8. The fourth-order valence-electron chi connectivity index (χ4n) is 2.51. The van der Waals surface area contributed by atoms with Crippen LogP contribution in [0.2, 0.25) is 10.0 Å². The van der Waals surface area contributed by atoms with Gasteiger partial charge in [0.15, 0.2) is 6.61 Å². The number of carbonyl (C=O) groups is 2. The van der Waals surface area contributed by atoms with Crippen LogP contribution in [0.4, 0.5) is 0 Å². The van der Waals surface area contributed by atoms with E-state index in [0.29, 0.717) is 28.5 Å². The van der Waals surface area contributed by atoms with Crippen molar-refractivity contribution in [3.8, 4) is 6.07 Å². The molecule has 1 aromatic carbocycles. The molecular weight excluding hydrogens is 351 g/mol. The summed E-state index contributed by atoms with van der Waals surface area (Å²) in [5.41, 5.74) is -0.139. The topological polar surface area (TPSA) is 79.2 Å². The Kier molecular flexibility index (Phi) is 6.24. The minimum Gasteiger partial charge on any atom is -0.452 e. The van der Waals surface area contributed by atoms with E-state index in [1.54, 1.807) is 18.2 Å². The van der Waals surface area contributed by atoms with Gasteiger partial charge in [-0.2, -0.15) is 5.26 Å². The van der Waals surface area contributed by atoms with Gasteiger partial charge in [-0.1, -0.05) is 29.3 Å². The molecule has 7 heteroatoms. The van der Waals surface area contributed by atoms with Gasteiger partial charge in [0.1, 0.15) is 5.54 Å². The molecule has 1 fully saturated rings. The number of rotatable bonds is 5. The van der Waals surface area contributed by atoms with Gasteiger partial charge in [-0.05, 0) is 49.5 Å². The predicted molar refractivity (Wildman–Crippen MR) is 91.4 cm³/mol. The second kappa shape index (κ2) is 8.18. The van der Waals surface area contributed by atoms with Gasteiger partial charge in [0.05, 0.1) is 16.1 Å². The molecule has 2 rings (SSSR count). The zero-order valence-electron chi connectivity index (χ0n) is 12.9. The normalized spacial score (nSPS) is 15.9. The summed E-state index contributed by atoms with van der Waals surface area (Å²) in [6.07, 6.45) is 5.76. The Morgan fingerprint density at radius 1 is 1.29 bits per heavy atom. The summed E-state index contributed by atoms with van der Waals surface area (Å²) in [6, 6.07) is 7.06. The average molecular weight is 367 g/mol. The Bertz CT molecular complexity index is 704. The second-order valence-electron chi connectivity index (χ2n) is 5.56. The lowest BCUT2D eigenvalue weighted by Gasteiger charge is -2.21. The fraction of sp³-hybridized carbons (Fsp3) is 0.353. The van der Waals surface area contributed by atoms with E-state index in [9.17, 15) is 14.9 Å². The minimum absolute atomic E-state index is 0.380. The highest BCUT2D eigenvalue weighted by molar-refractivity contribution is 6.42. The summed E-state index contributed by atoms with van der Waals surface area (Å²) in [4.78, 5) is 23.5. The summed E-state index contributed by atoms with van der Waals surface area (Å²) in [5, 5.41) is 12.6. The van der Waals surface area contributed by atoms with Crippen molar-refractivity contribution >= 4 is 41.2 Å². The molecule has 0 aliphatic heterocycles. The Hall–Kier alpha value is -2.03. The maximum Gasteiger partial charge on any atom is 0.331 e. The molecule has 1 aliphatic carbocycles. The first-order valence-corrected chi connectivity index (χ1v) is 8.22. The van der Waals surface area contributed by atoms with E-state index in [1.807, 2.05) is 0 Å². The van der Waals surface area contributed by atoms with E-state index >= 15 is 0 Å². The van der Waals surface area contributed by atoms with Gasteiger partial charge in [-0.25, -0.2) is 4.79 Å². The van der Waals surface area contributed by atoms with Crippen LogP contribution < -0.4 is 5.32 Å². The molecule has 0 radical (unpaired) electrons. The quantitative estimate of drug-likeness (QED) is 0.638. The smallest absolute Gasteiger partial charge is 0.331 e. The second-order valence-corrected chi connectivity index (χ2v) is 6.38. The number of amides is 1. The molecule has 1 aromatic rings. The molecule has 1 saturated carbocycles. The van der Waals surface area contributed by atoms with E-state index in [2.05, 4.69) is 11.4 Å². The standard InChI is InChI=1S/C17H16Cl2N2O3/c18-13-5-3-12(9-14(13)19)4-6-16(23)24-10-15(22)21-17(11-20)7-1-2-8-17/h3-6,9H,1-2,7-8,10H2,(H,21,22)/b6-4+. The molecule has 0 saturated heterocycles. The van der Waals surface area contributed by atoms with Crippen LogP contribution >= 0.6 is 23.2 Å². The van der Waals surface area contributed by atoms with Gasteiger partial charge in [-0.3, -0.25) is 4.79 Å². The largest absolute Gasteiger partial charge is 0.452 e. The van der Waals surface area contributed by atoms with Crippen LogP contribution in [-0.2, 0) is 14.3 Å². The number of nitrogens with one attached hydrogen (secondary N) is 1. The summed E-state index contributed by atoms with van der Waals surface area (Å²) < 4.78 is 4.87. The van der Waals surface area contributed by atoms with Crippen molar-refractivity contribution in [2.75, 3.05) is 6.61 Å². The zero-order valence-corrected chi connectivity index (χ0v) is 14.4. The third kappa shape index (κ3) is 4.98. The molecule has 1 amide bonds. The number of ether oxygens (including phenoxy) is 1. The Morgan fingerprint density at radius 2 is 2.00 bits per heavy atom. The molecule has 0 spiro atoms. The van der Waals surface area contributed by atoms with Gasteiger partial charge in [0.25, 0.3) is 5.91 Å². The van der Waals surface area contributed by atoms with Crippen molar-refractivity contribution in [2.24, 2.45) is 0 Å². The molecule has 0 bridgehead atoms. The van der Waals surface area contributed by atoms with Gasteiger partial charge in [0.2, 0.25) is 0 Å². The lowest BCUT2D eigenvalue weighted by molar-refractivity contribution is -0.144. The molecule has 126 valence electrons. The first-order chi connectivity index (χ1) is 11.4. The number of halogens is 2. The highest BCUT2D eigenvalue weighted by atomic mass is 35.5. The molecule has 1 N–H and O–H groups in total. The fourth-order valence-corrected chi connectivity index (χ4v) is 2.82. The Morgan fingerprint density at radius 3 is 2.62 bits per heavy atom. The molecule has 0 unspecified atom stereocenters. The van der Waals surface area contributed by atoms with Gasteiger partial charge >= 0.3 is 5.97 Å². The lowest BCUT2D eigenvalue weighted by atomic mass is 10.00. The number of esters is 1. The molecule has 0 heterocycles. The van der Waals surface area contributed by atoms with Crippen molar-refractivity contribution in [3.63, 3.8) is 0 Å². The van der Waals surface area contributed by atoms with Gasteiger partial charge in [-0.15, -0.1) is 0 Å². The van der Waals surface area contributed by atoms with Crippen LogP contribution in [0.3, 0.4) is 0 Å². The van der Waals surface area contributed by atoms with Crippen LogP contribution in [0, 0.1) is 11.3 Å². The van der Waals surface area contributed by atoms with E-state index in [1.165, 1.54) is 12.2 Å². The van der Waals surface area contributed by atoms with E-state index in [0.717, 1.165) is 12.8 Å². The maximum absolute atomic E-state index is 11.8. The first kappa shape index (κ1) is 18.3. The molecular formula is C17H16Cl2N2O3. The number of carbonyl (C=O) groups excluding carboxylic acids is 2. The van der Waals surface area contributed by atoms with E-state index < -0.39 is 24.0 Å². The lowest BCUT2D eigenvalue weighted by Crippen LogP contribution is -2.46.